The van der Waals surface area contributed by atoms with E-state index >= 15 is 0 Å². The first-order valence-corrected chi connectivity index (χ1v) is 8.81. The SMILES string of the molecule is CC(NS(=O)(=O)c1ccc(C(N)=S)cc1Cl)C1CCCO1. The molecule has 3 N–H and O–H groups in total. The summed E-state index contributed by atoms with van der Waals surface area (Å²) >= 11 is 10.9. The van der Waals surface area contributed by atoms with Gasteiger partial charge in [0.1, 0.15) is 9.88 Å². The number of hydrogen-bond acceptors (Lipinski definition) is 4. The van der Waals surface area contributed by atoms with Crippen molar-refractivity contribution in [3.63, 3.8) is 0 Å². The highest BCUT2D eigenvalue weighted by Crippen LogP contribution is 2.24. The zero-order valence-corrected chi connectivity index (χ0v) is 13.9. The van der Waals surface area contributed by atoms with E-state index in [0.29, 0.717) is 12.2 Å². The zero-order chi connectivity index (χ0) is 15.6. The molecule has 8 heteroatoms. The van der Waals surface area contributed by atoms with Crippen LogP contribution >= 0.6 is 23.8 Å². The van der Waals surface area contributed by atoms with Gasteiger partial charge >= 0.3 is 0 Å². The van der Waals surface area contributed by atoms with E-state index in [0.717, 1.165) is 12.8 Å². The van der Waals surface area contributed by atoms with Crippen LogP contribution in [0.3, 0.4) is 0 Å². The van der Waals surface area contributed by atoms with E-state index in [-0.39, 0.29) is 27.1 Å². The third-order valence-corrected chi connectivity index (χ3v) is 5.65. The van der Waals surface area contributed by atoms with Gasteiger partial charge in [0.25, 0.3) is 0 Å². The topological polar surface area (TPSA) is 81.4 Å². The molecule has 1 heterocycles. The summed E-state index contributed by atoms with van der Waals surface area (Å²) in [4.78, 5) is 0.176. The number of hydrogen-bond donors (Lipinski definition) is 2. The van der Waals surface area contributed by atoms with Crippen molar-refractivity contribution in [2.24, 2.45) is 5.73 Å². The fourth-order valence-electron chi connectivity index (χ4n) is 2.25. The Morgan fingerprint density at radius 3 is 2.81 bits per heavy atom. The molecular weight excluding hydrogens is 332 g/mol. The molecule has 0 amide bonds. The average Bonchev–Trinajstić information content (AvgIpc) is 2.91. The predicted octanol–water partition coefficient (Wildman–Crippen LogP) is 1.82. The second-order valence-corrected chi connectivity index (χ2v) is 7.50. The summed E-state index contributed by atoms with van der Waals surface area (Å²) in [6, 6.07) is 4.08. The van der Waals surface area contributed by atoms with Gasteiger partial charge in [-0.1, -0.05) is 29.9 Å². The number of ether oxygens (including phenoxy) is 1. The molecule has 1 aromatic rings. The summed E-state index contributed by atoms with van der Waals surface area (Å²) in [7, 11) is -3.72. The fraction of sp³-hybridized carbons (Fsp3) is 0.462. The number of halogens is 1. The standard InChI is InChI=1S/C13H17ClN2O3S2/c1-8(11-3-2-6-19-11)16-21(17,18)12-5-4-9(13(15)20)7-10(12)14/h4-5,7-8,11,16H,2-3,6H2,1H3,(H2,15,20). The van der Waals surface area contributed by atoms with E-state index < -0.39 is 10.0 Å². The predicted molar refractivity (Wildman–Crippen MR) is 86.1 cm³/mol. The van der Waals surface area contributed by atoms with Crippen molar-refractivity contribution >= 4 is 38.8 Å². The Kier molecular flexibility index (Phi) is 5.21. The van der Waals surface area contributed by atoms with Crippen LogP contribution < -0.4 is 10.5 Å². The lowest BCUT2D eigenvalue weighted by Crippen LogP contribution is -2.40. The van der Waals surface area contributed by atoms with E-state index in [2.05, 4.69) is 4.72 Å². The van der Waals surface area contributed by atoms with Gasteiger partial charge in [-0.3, -0.25) is 0 Å². The lowest BCUT2D eigenvalue weighted by molar-refractivity contribution is 0.0902. The molecule has 2 unspecified atom stereocenters. The van der Waals surface area contributed by atoms with Gasteiger partial charge in [-0.2, -0.15) is 0 Å². The van der Waals surface area contributed by atoms with Crippen LogP contribution in [0.2, 0.25) is 5.02 Å². The Labute approximate surface area is 134 Å². The van der Waals surface area contributed by atoms with E-state index in [1.807, 2.05) is 0 Å². The van der Waals surface area contributed by atoms with E-state index in [1.165, 1.54) is 12.1 Å². The fourth-order valence-corrected chi connectivity index (χ4v) is 4.20. The molecule has 116 valence electrons. The smallest absolute Gasteiger partial charge is 0.242 e. The Morgan fingerprint density at radius 2 is 2.29 bits per heavy atom. The first-order chi connectivity index (χ1) is 9.81. The molecule has 0 aliphatic carbocycles. The molecule has 0 aromatic heterocycles. The lowest BCUT2D eigenvalue weighted by atomic mass is 10.1. The summed E-state index contributed by atoms with van der Waals surface area (Å²) in [5, 5.41) is 0.0901. The van der Waals surface area contributed by atoms with Crippen LogP contribution in [0, 0.1) is 0 Å². The molecule has 21 heavy (non-hydrogen) atoms. The van der Waals surface area contributed by atoms with Crippen LogP contribution in [0.25, 0.3) is 0 Å². The van der Waals surface area contributed by atoms with Crippen molar-refractivity contribution in [1.82, 2.24) is 4.72 Å². The second-order valence-electron chi connectivity index (χ2n) is 4.97. The van der Waals surface area contributed by atoms with Gasteiger partial charge < -0.3 is 10.5 Å². The van der Waals surface area contributed by atoms with Crippen molar-refractivity contribution in [2.45, 2.75) is 36.8 Å². The van der Waals surface area contributed by atoms with E-state index in [1.54, 1.807) is 13.0 Å². The third-order valence-electron chi connectivity index (χ3n) is 3.37. The number of sulfonamides is 1. The van der Waals surface area contributed by atoms with Crippen LogP contribution in [0.5, 0.6) is 0 Å². The molecule has 1 aromatic carbocycles. The van der Waals surface area contributed by atoms with Crippen LogP contribution in [-0.4, -0.2) is 32.2 Å². The van der Waals surface area contributed by atoms with E-state index in [9.17, 15) is 8.42 Å². The quantitative estimate of drug-likeness (QED) is 0.793. The number of benzene rings is 1. The zero-order valence-electron chi connectivity index (χ0n) is 11.5. The minimum atomic E-state index is -3.72. The molecule has 0 bridgehead atoms. The van der Waals surface area contributed by atoms with Crippen LogP contribution in [0.1, 0.15) is 25.3 Å². The highest BCUT2D eigenvalue weighted by molar-refractivity contribution is 7.89. The molecule has 0 spiro atoms. The van der Waals surface area contributed by atoms with Gasteiger partial charge in [0.05, 0.1) is 11.1 Å². The Bertz CT molecular complexity index is 643. The van der Waals surface area contributed by atoms with E-state index in [4.69, 9.17) is 34.3 Å². The largest absolute Gasteiger partial charge is 0.389 e. The molecule has 5 nitrogen and oxygen atoms in total. The molecule has 0 radical (unpaired) electrons. The molecule has 2 rings (SSSR count). The average molecular weight is 349 g/mol. The van der Waals surface area contributed by atoms with Gasteiger partial charge in [-0.15, -0.1) is 0 Å². The van der Waals surface area contributed by atoms with Gasteiger partial charge in [0.2, 0.25) is 10.0 Å². The summed E-state index contributed by atoms with van der Waals surface area (Å²) in [6.07, 6.45) is 1.69. The third kappa shape index (κ3) is 3.92. The molecule has 1 aliphatic rings. The number of thiocarbonyl (C=S) groups is 1. The van der Waals surface area contributed by atoms with Crippen molar-refractivity contribution in [3.8, 4) is 0 Å². The Morgan fingerprint density at radius 1 is 1.57 bits per heavy atom. The second kappa shape index (κ2) is 6.58. The van der Waals surface area contributed by atoms with Gasteiger partial charge in [0.15, 0.2) is 0 Å². The Balaban J connectivity index is 2.21. The first-order valence-electron chi connectivity index (χ1n) is 6.54. The van der Waals surface area contributed by atoms with Crippen molar-refractivity contribution in [2.75, 3.05) is 6.61 Å². The van der Waals surface area contributed by atoms with Crippen LogP contribution in [0.4, 0.5) is 0 Å². The van der Waals surface area contributed by atoms with Crippen molar-refractivity contribution in [3.05, 3.63) is 28.8 Å². The van der Waals surface area contributed by atoms with Gasteiger partial charge in [0, 0.05) is 18.2 Å². The molecule has 0 saturated carbocycles. The minimum Gasteiger partial charge on any atom is -0.389 e. The minimum absolute atomic E-state index is 0.00835. The number of nitrogens with one attached hydrogen (secondary N) is 1. The summed E-state index contributed by atoms with van der Waals surface area (Å²) in [5.74, 6) is 0. The van der Waals surface area contributed by atoms with Crippen molar-refractivity contribution < 1.29 is 13.2 Å². The normalized spacial score (nSPS) is 20.4. The first kappa shape index (κ1) is 16.6. The molecule has 1 aliphatic heterocycles. The molecular formula is C13H17ClN2O3S2. The highest BCUT2D eigenvalue weighted by atomic mass is 35.5. The maximum absolute atomic E-state index is 12.4. The van der Waals surface area contributed by atoms with Crippen LogP contribution in [-0.2, 0) is 14.8 Å². The summed E-state index contributed by atoms with van der Waals surface area (Å²) < 4.78 is 32.9. The lowest BCUT2D eigenvalue weighted by Gasteiger charge is -2.20. The molecule has 2 atom stereocenters. The number of rotatable bonds is 5. The van der Waals surface area contributed by atoms with Crippen molar-refractivity contribution in [1.29, 1.82) is 0 Å². The number of nitrogens with two attached hydrogens (primary N) is 1. The van der Waals surface area contributed by atoms with Gasteiger partial charge in [-0.25, -0.2) is 13.1 Å². The Hall–Kier alpha value is -0.730. The maximum Gasteiger partial charge on any atom is 0.242 e. The molecule has 1 saturated heterocycles. The highest BCUT2D eigenvalue weighted by Gasteiger charge is 2.28. The summed E-state index contributed by atoms with van der Waals surface area (Å²) in [5.41, 5.74) is 6.03. The monoisotopic (exact) mass is 348 g/mol. The molecule has 1 fully saturated rings. The van der Waals surface area contributed by atoms with Crippen LogP contribution in [0.15, 0.2) is 23.1 Å². The summed E-state index contributed by atoms with van der Waals surface area (Å²) in [6.45, 7) is 2.45. The van der Waals surface area contributed by atoms with Gasteiger partial charge in [-0.05, 0) is 31.9 Å². The maximum atomic E-state index is 12.4.